The third-order valence-electron chi connectivity index (χ3n) is 3.68. The standard InChI is InChI=1S/C18H17N3O3/c1-3-16-19-17(12-8-10-13(24-2)11-9-12)21(20-16)15-7-5-4-6-14(15)18(22)23/h4-11H,3H2,1-2H3,(H,22,23). The molecule has 0 unspecified atom stereocenters. The number of para-hydroxylation sites is 1. The molecule has 0 aliphatic heterocycles. The van der Waals surface area contributed by atoms with Gasteiger partial charge in [-0.2, -0.15) is 5.10 Å². The highest BCUT2D eigenvalue weighted by Crippen LogP contribution is 2.25. The lowest BCUT2D eigenvalue weighted by Crippen LogP contribution is -2.08. The number of carboxylic acid groups (broad SMARTS) is 1. The Morgan fingerprint density at radius 1 is 1.17 bits per heavy atom. The first-order valence-corrected chi connectivity index (χ1v) is 7.57. The van der Waals surface area contributed by atoms with Crippen molar-refractivity contribution in [3.8, 4) is 22.8 Å². The van der Waals surface area contributed by atoms with Crippen LogP contribution in [0.3, 0.4) is 0 Å². The van der Waals surface area contributed by atoms with Crippen LogP contribution in [0.25, 0.3) is 17.1 Å². The Balaban J connectivity index is 2.18. The van der Waals surface area contributed by atoms with E-state index in [0.29, 0.717) is 23.8 Å². The molecule has 24 heavy (non-hydrogen) atoms. The molecule has 2 aromatic carbocycles. The van der Waals surface area contributed by atoms with Crippen LogP contribution in [0.2, 0.25) is 0 Å². The van der Waals surface area contributed by atoms with Crippen molar-refractivity contribution in [2.24, 2.45) is 0 Å². The molecule has 0 radical (unpaired) electrons. The van der Waals surface area contributed by atoms with E-state index in [0.717, 1.165) is 11.3 Å². The van der Waals surface area contributed by atoms with Crippen LogP contribution >= 0.6 is 0 Å². The highest BCUT2D eigenvalue weighted by atomic mass is 16.5. The number of benzene rings is 2. The van der Waals surface area contributed by atoms with E-state index >= 15 is 0 Å². The van der Waals surface area contributed by atoms with Gasteiger partial charge in [0, 0.05) is 12.0 Å². The van der Waals surface area contributed by atoms with Crippen LogP contribution < -0.4 is 4.74 Å². The molecule has 6 nitrogen and oxygen atoms in total. The second-order valence-electron chi connectivity index (χ2n) is 5.17. The summed E-state index contributed by atoms with van der Waals surface area (Å²) in [5, 5.41) is 13.9. The molecule has 1 N–H and O–H groups in total. The van der Waals surface area contributed by atoms with E-state index in [1.54, 1.807) is 36.1 Å². The number of nitrogens with zero attached hydrogens (tertiary/aromatic N) is 3. The first kappa shape index (κ1) is 15.7. The van der Waals surface area contributed by atoms with Crippen molar-refractivity contribution in [2.45, 2.75) is 13.3 Å². The van der Waals surface area contributed by atoms with Crippen LogP contribution in [0.15, 0.2) is 48.5 Å². The van der Waals surface area contributed by atoms with E-state index < -0.39 is 5.97 Å². The Hall–Kier alpha value is -3.15. The number of hydrogen-bond donors (Lipinski definition) is 1. The van der Waals surface area contributed by atoms with Crippen LogP contribution in [-0.2, 0) is 6.42 Å². The molecule has 0 spiro atoms. The number of rotatable bonds is 5. The van der Waals surface area contributed by atoms with E-state index in [-0.39, 0.29) is 5.56 Å². The van der Waals surface area contributed by atoms with Gasteiger partial charge in [0.05, 0.1) is 18.4 Å². The average molecular weight is 323 g/mol. The monoisotopic (exact) mass is 323 g/mol. The van der Waals surface area contributed by atoms with Crippen molar-refractivity contribution < 1.29 is 14.6 Å². The fraction of sp³-hybridized carbons (Fsp3) is 0.167. The maximum Gasteiger partial charge on any atom is 0.337 e. The topological polar surface area (TPSA) is 77.2 Å². The molecule has 0 atom stereocenters. The Kier molecular flexibility index (Phi) is 4.29. The summed E-state index contributed by atoms with van der Waals surface area (Å²) in [6.07, 6.45) is 0.658. The smallest absolute Gasteiger partial charge is 0.337 e. The number of hydrogen-bond acceptors (Lipinski definition) is 4. The van der Waals surface area contributed by atoms with Crippen molar-refractivity contribution in [3.63, 3.8) is 0 Å². The van der Waals surface area contributed by atoms with E-state index in [1.807, 2.05) is 31.2 Å². The molecule has 6 heteroatoms. The van der Waals surface area contributed by atoms with Crippen molar-refractivity contribution in [1.29, 1.82) is 0 Å². The fourth-order valence-electron chi connectivity index (χ4n) is 2.44. The number of carboxylic acids is 1. The normalized spacial score (nSPS) is 10.6. The van der Waals surface area contributed by atoms with Gasteiger partial charge in [-0.1, -0.05) is 19.1 Å². The lowest BCUT2D eigenvalue weighted by atomic mass is 10.1. The molecular formula is C18H17N3O3. The van der Waals surface area contributed by atoms with E-state index in [4.69, 9.17) is 4.74 Å². The summed E-state index contributed by atoms with van der Waals surface area (Å²) in [6, 6.07) is 14.2. The van der Waals surface area contributed by atoms with E-state index in [2.05, 4.69) is 10.1 Å². The number of aromatic nitrogens is 3. The third kappa shape index (κ3) is 2.86. The van der Waals surface area contributed by atoms with Gasteiger partial charge in [-0.05, 0) is 36.4 Å². The summed E-state index contributed by atoms with van der Waals surface area (Å²) in [7, 11) is 1.61. The second kappa shape index (κ2) is 6.54. The first-order valence-electron chi connectivity index (χ1n) is 7.57. The van der Waals surface area contributed by atoms with Crippen LogP contribution in [0.5, 0.6) is 5.75 Å². The third-order valence-corrected chi connectivity index (χ3v) is 3.68. The van der Waals surface area contributed by atoms with Gasteiger partial charge in [0.2, 0.25) is 0 Å². The first-order chi connectivity index (χ1) is 11.6. The summed E-state index contributed by atoms with van der Waals surface area (Å²) < 4.78 is 6.76. The summed E-state index contributed by atoms with van der Waals surface area (Å²) in [5.41, 5.74) is 1.51. The van der Waals surface area contributed by atoms with E-state index in [1.165, 1.54) is 0 Å². The van der Waals surface area contributed by atoms with Crippen molar-refractivity contribution in [1.82, 2.24) is 14.8 Å². The summed E-state index contributed by atoms with van der Waals surface area (Å²) in [5.74, 6) is 0.996. The van der Waals surface area contributed by atoms with Crippen LogP contribution in [-0.4, -0.2) is 33.0 Å². The number of carbonyl (C=O) groups is 1. The second-order valence-corrected chi connectivity index (χ2v) is 5.17. The lowest BCUT2D eigenvalue weighted by molar-refractivity contribution is 0.0696. The van der Waals surface area contributed by atoms with Gasteiger partial charge in [0.15, 0.2) is 11.6 Å². The van der Waals surface area contributed by atoms with Gasteiger partial charge >= 0.3 is 5.97 Å². The molecule has 0 amide bonds. The molecule has 0 saturated heterocycles. The SMILES string of the molecule is CCc1nc(-c2ccc(OC)cc2)n(-c2ccccc2C(=O)O)n1. The molecule has 0 fully saturated rings. The maximum absolute atomic E-state index is 11.5. The number of methoxy groups -OCH3 is 1. The number of ether oxygens (including phenoxy) is 1. The van der Waals surface area contributed by atoms with Gasteiger partial charge in [-0.3, -0.25) is 0 Å². The van der Waals surface area contributed by atoms with Gasteiger partial charge in [-0.25, -0.2) is 14.5 Å². The van der Waals surface area contributed by atoms with Crippen molar-refractivity contribution in [3.05, 3.63) is 59.9 Å². The zero-order valence-corrected chi connectivity index (χ0v) is 13.4. The highest BCUT2D eigenvalue weighted by molar-refractivity contribution is 5.92. The molecule has 3 rings (SSSR count). The van der Waals surface area contributed by atoms with Crippen molar-refractivity contribution in [2.75, 3.05) is 7.11 Å². The molecule has 0 bridgehead atoms. The predicted molar refractivity (Wildman–Crippen MR) is 89.7 cm³/mol. The summed E-state index contributed by atoms with van der Waals surface area (Å²) in [4.78, 5) is 16.1. The highest BCUT2D eigenvalue weighted by Gasteiger charge is 2.18. The molecule has 1 heterocycles. The average Bonchev–Trinajstić information content (AvgIpc) is 3.06. The molecule has 3 aromatic rings. The Bertz CT molecular complexity index is 869. The molecule has 122 valence electrons. The Morgan fingerprint density at radius 3 is 2.50 bits per heavy atom. The zero-order valence-electron chi connectivity index (χ0n) is 13.4. The number of aromatic carboxylic acids is 1. The van der Waals surface area contributed by atoms with Crippen molar-refractivity contribution >= 4 is 5.97 Å². The van der Waals surface area contributed by atoms with Crippen LogP contribution in [0.4, 0.5) is 0 Å². The maximum atomic E-state index is 11.5. The van der Waals surface area contributed by atoms with Gasteiger partial charge in [0.25, 0.3) is 0 Å². The minimum Gasteiger partial charge on any atom is -0.497 e. The Labute approximate surface area is 139 Å². The molecule has 1 aromatic heterocycles. The van der Waals surface area contributed by atoms with Crippen LogP contribution in [0, 0.1) is 0 Å². The van der Waals surface area contributed by atoms with Crippen LogP contribution in [0.1, 0.15) is 23.1 Å². The van der Waals surface area contributed by atoms with Gasteiger partial charge < -0.3 is 9.84 Å². The lowest BCUT2D eigenvalue weighted by Gasteiger charge is -2.09. The predicted octanol–water partition coefficient (Wildman–Crippen LogP) is 3.20. The molecule has 0 aliphatic carbocycles. The summed E-state index contributed by atoms with van der Waals surface area (Å²) in [6.45, 7) is 1.96. The molecule has 0 aliphatic rings. The summed E-state index contributed by atoms with van der Waals surface area (Å²) >= 11 is 0. The largest absolute Gasteiger partial charge is 0.497 e. The zero-order chi connectivity index (χ0) is 17.1. The van der Waals surface area contributed by atoms with Gasteiger partial charge in [-0.15, -0.1) is 0 Å². The molecule has 0 saturated carbocycles. The molecular weight excluding hydrogens is 306 g/mol. The number of aryl methyl sites for hydroxylation is 1. The fourth-order valence-corrected chi connectivity index (χ4v) is 2.44. The quantitative estimate of drug-likeness (QED) is 0.780. The minimum atomic E-state index is -1.00. The van der Waals surface area contributed by atoms with E-state index in [9.17, 15) is 9.90 Å². The minimum absolute atomic E-state index is 0.180. The Morgan fingerprint density at radius 2 is 1.88 bits per heavy atom. The van der Waals surface area contributed by atoms with Gasteiger partial charge in [0.1, 0.15) is 5.75 Å².